The minimum absolute atomic E-state index is 0.394. The Morgan fingerprint density at radius 3 is 1.00 bits per heavy atom. The highest BCUT2D eigenvalue weighted by Crippen LogP contribution is 2.28. The van der Waals surface area contributed by atoms with Gasteiger partial charge in [0.05, 0.1) is 5.56 Å². The van der Waals surface area contributed by atoms with E-state index in [1.165, 1.54) is 89.4 Å². The molecular formula is C60H72N4+4. The molecule has 0 aliphatic heterocycles. The van der Waals surface area contributed by atoms with Crippen LogP contribution in [0.1, 0.15) is 70.9 Å². The molecule has 8 rings (SSSR count). The lowest BCUT2D eigenvalue weighted by Gasteiger charge is -2.09. The minimum Gasteiger partial charge on any atom is -0.201 e. The molecule has 4 heteroatoms. The highest BCUT2D eigenvalue weighted by Gasteiger charge is 2.19. The summed E-state index contributed by atoms with van der Waals surface area (Å²) in [6.45, 7) is 21.4. The molecule has 0 spiro atoms. The molecule has 328 valence electrons. The van der Waals surface area contributed by atoms with Gasteiger partial charge in [-0.25, -0.2) is 18.3 Å². The highest BCUT2D eigenvalue weighted by molar-refractivity contribution is 5.68. The van der Waals surface area contributed by atoms with Gasteiger partial charge in [0.25, 0.3) is 0 Å². The van der Waals surface area contributed by atoms with E-state index in [1.54, 1.807) is 12.1 Å². The number of rotatable bonds is 4. The zero-order valence-electron chi connectivity index (χ0n) is 44.1. The summed E-state index contributed by atoms with van der Waals surface area (Å²) >= 11 is 0. The van der Waals surface area contributed by atoms with Gasteiger partial charge in [0, 0.05) is 67.3 Å². The van der Waals surface area contributed by atoms with Crippen LogP contribution in [0.2, 0.25) is 0 Å². The van der Waals surface area contributed by atoms with E-state index < -0.39 is 6.85 Å². The van der Waals surface area contributed by atoms with Crippen LogP contribution < -0.4 is 18.3 Å². The second-order valence-corrected chi connectivity index (χ2v) is 17.5. The van der Waals surface area contributed by atoms with Crippen molar-refractivity contribution >= 4 is 0 Å². The first kappa shape index (κ1) is 44.1. The van der Waals surface area contributed by atoms with Gasteiger partial charge in [-0.05, 0) is 153 Å². The van der Waals surface area contributed by atoms with Gasteiger partial charge in [0.1, 0.15) is 28.2 Å². The summed E-state index contributed by atoms with van der Waals surface area (Å²) in [4.78, 5) is 0. The zero-order valence-corrected chi connectivity index (χ0v) is 41.1. The van der Waals surface area contributed by atoms with Crippen LogP contribution >= 0.6 is 0 Å². The van der Waals surface area contributed by atoms with Gasteiger partial charge in [0.2, 0.25) is 22.8 Å². The molecule has 4 heterocycles. The zero-order chi connectivity index (χ0) is 49.3. The SMILES string of the molecule is Cc1ccc(C)c(-c2c(C)ccc[n+]2C)c1.Cc1ccc(C)c(-c2c(C)ccc[n+]2C)c1.Cc1cccc(C)c1-c1c(C)ccc[n+]1C.[2H]C([2H])([2H])c1ccc(-c2c(C)ccc[n+]2C)c(C)c1. The maximum Gasteiger partial charge on any atom is 0.215 e. The molecule has 64 heavy (non-hydrogen) atoms. The van der Waals surface area contributed by atoms with Crippen LogP contribution in [0, 0.1) is 83.0 Å². The van der Waals surface area contributed by atoms with Crippen LogP contribution in [-0.2, 0) is 28.2 Å². The monoisotopic (exact) mass is 852 g/mol. The van der Waals surface area contributed by atoms with Crippen molar-refractivity contribution in [2.75, 3.05) is 0 Å². The fourth-order valence-electron chi connectivity index (χ4n) is 8.67. The molecule has 0 saturated carbocycles. The molecule has 0 bridgehead atoms. The van der Waals surface area contributed by atoms with E-state index in [4.69, 9.17) is 4.11 Å². The van der Waals surface area contributed by atoms with Crippen molar-refractivity contribution < 1.29 is 22.4 Å². The van der Waals surface area contributed by atoms with Gasteiger partial charge < -0.3 is 0 Å². The van der Waals surface area contributed by atoms with Crippen LogP contribution in [0.25, 0.3) is 45.0 Å². The van der Waals surface area contributed by atoms with Crippen molar-refractivity contribution in [1.82, 2.24) is 0 Å². The van der Waals surface area contributed by atoms with E-state index >= 15 is 0 Å². The Morgan fingerprint density at radius 2 is 0.641 bits per heavy atom. The number of hydrogen-bond donors (Lipinski definition) is 0. The summed E-state index contributed by atoms with van der Waals surface area (Å²) in [5, 5.41) is 0. The third-order valence-electron chi connectivity index (χ3n) is 12.0. The molecule has 4 aromatic heterocycles. The third-order valence-corrected chi connectivity index (χ3v) is 12.0. The Balaban J connectivity index is 0.000000168. The quantitative estimate of drug-likeness (QED) is 0.157. The molecule has 0 unspecified atom stereocenters. The maximum absolute atomic E-state index is 7.46. The lowest BCUT2D eigenvalue weighted by atomic mass is 9.97. The lowest BCUT2D eigenvalue weighted by Crippen LogP contribution is -2.31. The second-order valence-electron chi connectivity index (χ2n) is 17.5. The molecule has 0 aliphatic carbocycles. The topological polar surface area (TPSA) is 15.5 Å². The summed E-state index contributed by atoms with van der Waals surface area (Å²) in [6.07, 6.45) is 8.31. The van der Waals surface area contributed by atoms with E-state index in [0.717, 1.165) is 16.8 Å². The average Bonchev–Trinajstić information content (AvgIpc) is 3.25. The first-order chi connectivity index (χ1) is 31.6. The van der Waals surface area contributed by atoms with Gasteiger partial charge in [-0.3, -0.25) is 0 Å². The summed E-state index contributed by atoms with van der Waals surface area (Å²) < 4.78 is 31.0. The number of hydrogen-bond acceptors (Lipinski definition) is 0. The molecule has 8 aromatic rings. The predicted octanol–water partition coefficient (Wildman–Crippen LogP) is 12.4. The maximum atomic E-state index is 7.46. The summed E-state index contributed by atoms with van der Waals surface area (Å²) in [7, 11) is 8.31. The van der Waals surface area contributed by atoms with E-state index in [2.05, 4.69) is 224 Å². The average molecular weight is 852 g/mol. The van der Waals surface area contributed by atoms with Gasteiger partial charge in [-0.1, -0.05) is 71.3 Å². The van der Waals surface area contributed by atoms with Crippen molar-refractivity contribution in [3.63, 3.8) is 0 Å². The summed E-state index contributed by atoms with van der Waals surface area (Å²) in [6, 6.07) is 41.9. The van der Waals surface area contributed by atoms with Gasteiger partial charge in [-0.15, -0.1) is 0 Å². The first-order valence-corrected chi connectivity index (χ1v) is 22.2. The van der Waals surface area contributed by atoms with Crippen molar-refractivity contribution in [2.45, 2.75) is 83.0 Å². The second kappa shape index (κ2) is 21.7. The van der Waals surface area contributed by atoms with E-state index in [0.29, 0.717) is 5.56 Å². The van der Waals surface area contributed by atoms with Crippen molar-refractivity contribution in [3.8, 4) is 45.0 Å². The fraction of sp³-hybridized carbons (Fsp3) is 0.267. The number of nitrogens with zero attached hydrogens (tertiary/aromatic N) is 4. The fourth-order valence-corrected chi connectivity index (χ4v) is 8.67. The largest absolute Gasteiger partial charge is 0.215 e. The Kier molecular flexibility index (Phi) is 15.0. The van der Waals surface area contributed by atoms with E-state index in [1.807, 2.05) is 32.3 Å². The Hall–Kier alpha value is -6.52. The molecule has 0 aliphatic rings. The molecule has 0 amide bonds. The number of benzene rings is 4. The van der Waals surface area contributed by atoms with Crippen LogP contribution in [0.3, 0.4) is 0 Å². The van der Waals surface area contributed by atoms with Crippen LogP contribution in [0.5, 0.6) is 0 Å². The summed E-state index contributed by atoms with van der Waals surface area (Å²) in [5.74, 6) is 0. The molecule has 4 aromatic carbocycles. The standard InChI is InChI=1S/4C15H18N/c1-11-7-5-8-12(2)14(11)15-13(3)9-6-10-16(15)4;2*1-11-7-8-12(2)14(10-11)15-13(3)6-5-9-16(15)4;1-11-7-8-14(13(3)10-11)15-12(2)6-5-9-16(15)4/h4*5-10H,1-4H3/q4*+1/i;;;1D3. The molecule has 0 saturated heterocycles. The Bertz CT molecular complexity index is 2770. The van der Waals surface area contributed by atoms with Crippen LogP contribution in [0.4, 0.5) is 0 Å². The number of pyridine rings is 4. The van der Waals surface area contributed by atoms with Crippen LogP contribution in [0.15, 0.2) is 146 Å². The van der Waals surface area contributed by atoms with Crippen LogP contribution in [-0.4, -0.2) is 0 Å². The van der Waals surface area contributed by atoms with Gasteiger partial charge in [0.15, 0.2) is 24.8 Å². The normalized spacial score (nSPS) is 11.4. The van der Waals surface area contributed by atoms with E-state index in [-0.39, 0.29) is 0 Å². The Morgan fingerprint density at radius 1 is 0.297 bits per heavy atom. The molecule has 0 radical (unpaired) electrons. The molecular weight excluding hydrogens is 777 g/mol. The summed E-state index contributed by atoms with van der Waals surface area (Å²) in [5.41, 5.74) is 24.6. The number of aryl methyl sites for hydroxylation is 16. The highest BCUT2D eigenvalue weighted by atomic mass is 14.9. The van der Waals surface area contributed by atoms with E-state index in [9.17, 15) is 0 Å². The van der Waals surface area contributed by atoms with Gasteiger partial charge in [-0.2, -0.15) is 0 Å². The molecule has 4 nitrogen and oxygen atoms in total. The van der Waals surface area contributed by atoms with Crippen molar-refractivity contribution in [2.24, 2.45) is 28.2 Å². The third kappa shape index (κ3) is 11.7. The lowest BCUT2D eigenvalue weighted by molar-refractivity contribution is -0.660. The number of aromatic nitrogens is 4. The van der Waals surface area contributed by atoms with Crippen molar-refractivity contribution in [1.29, 1.82) is 0 Å². The minimum atomic E-state index is -2.04. The smallest absolute Gasteiger partial charge is 0.201 e. The molecule has 0 fully saturated rings. The predicted molar refractivity (Wildman–Crippen MR) is 269 cm³/mol. The Labute approximate surface area is 390 Å². The van der Waals surface area contributed by atoms with Crippen molar-refractivity contribution in [3.05, 3.63) is 213 Å². The first-order valence-electron chi connectivity index (χ1n) is 23.7. The molecule has 0 atom stereocenters. The molecule has 0 N–H and O–H groups in total. The van der Waals surface area contributed by atoms with Gasteiger partial charge >= 0.3 is 0 Å².